The van der Waals surface area contributed by atoms with Crippen molar-refractivity contribution >= 4 is 27.5 Å². The molecule has 1 aromatic carbocycles. The summed E-state index contributed by atoms with van der Waals surface area (Å²) in [4.78, 5) is 12.5. The van der Waals surface area contributed by atoms with E-state index < -0.39 is 16.1 Å². The van der Waals surface area contributed by atoms with Crippen LogP contribution in [-0.4, -0.2) is 31.2 Å². The van der Waals surface area contributed by atoms with Gasteiger partial charge in [-0.3, -0.25) is 4.79 Å². The molecule has 24 heavy (non-hydrogen) atoms. The highest BCUT2D eigenvalue weighted by Crippen LogP contribution is 2.27. The first-order valence-corrected chi connectivity index (χ1v) is 9.38. The molecule has 1 aliphatic rings. The van der Waals surface area contributed by atoms with Crippen molar-refractivity contribution in [3.05, 3.63) is 53.4 Å². The quantitative estimate of drug-likeness (QED) is 0.878. The second-order valence-electron chi connectivity index (χ2n) is 5.52. The maximum absolute atomic E-state index is 12.8. The van der Waals surface area contributed by atoms with Gasteiger partial charge in [0.2, 0.25) is 15.9 Å². The van der Waals surface area contributed by atoms with E-state index >= 15 is 0 Å². The molecule has 1 N–H and O–H groups in total. The normalized spacial score (nSPS) is 18.6. The first kappa shape index (κ1) is 17.0. The molecule has 1 amide bonds. The summed E-state index contributed by atoms with van der Waals surface area (Å²) in [5.74, 6) is 0.301. The van der Waals surface area contributed by atoms with Crippen molar-refractivity contribution in [3.8, 4) is 0 Å². The molecule has 0 spiro atoms. The summed E-state index contributed by atoms with van der Waals surface area (Å²) >= 11 is 5.81. The Bertz CT molecular complexity index is 803. The lowest BCUT2D eigenvalue weighted by atomic mass is 10.2. The SMILES string of the molecule is O=C(NCc1ccco1)[C@@H]1CCCN1S(=O)(=O)c1ccc(Cl)cc1. The fourth-order valence-electron chi connectivity index (χ4n) is 2.74. The predicted molar refractivity (Wildman–Crippen MR) is 88.9 cm³/mol. The minimum absolute atomic E-state index is 0.137. The van der Waals surface area contributed by atoms with Crippen LogP contribution in [0.3, 0.4) is 0 Å². The standard InChI is InChI=1S/C16H17ClN2O4S/c17-12-5-7-14(8-6-12)24(21,22)19-9-1-4-15(19)16(20)18-11-13-3-2-10-23-13/h2-3,5-8,10,15H,1,4,9,11H2,(H,18,20)/t15-/m0/s1. The molecule has 2 heterocycles. The average molecular weight is 369 g/mol. The highest BCUT2D eigenvalue weighted by atomic mass is 35.5. The molecule has 1 fully saturated rings. The summed E-state index contributed by atoms with van der Waals surface area (Å²) in [5, 5.41) is 3.19. The summed E-state index contributed by atoms with van der Waals surface area (Å²) in [5.41, 5.74) is 0. The van der Waals surface area contributed by atoms with E-state index in [-0.39, 0.29) is 17.3 Å². The van der Waals surface area contributed by atoms with Crippen LogP contribution in [0.15, 0.2) is 52.0 Å². The minimum atomic E-state index is -3.73. The smallest absolute Gasteiger partial charge is 0.243 e. The van der Waals surface area contributed by atoms with E-state index in [0.717, 1.165) is 0 Å². The Balaban J connectivity index is 1.74. The van der Waals surface area contributed by atoms with Crippen LogP contribution in [0.25, 0.3) is 0 Å². The lowest BCUT2D eigenvalue weighted by Crippen LogP contribution is -2.45. The van der Waals surface area contributed by atoms with Crippen LogP contribution in [0.5, 0.6) is 0 Å². The Morgan fingerprint density at radius 3 is 2.71 bits per heavy atom. The largest absolute Gasteiger partial charge is 0.467 e. The molecule has 3 rings (SSSR count). The highest BCUT2D eigenvalue weighted by Gasteiger charge is 2.39. The van der Waals surface area contributed by atoms with Gasteiger partial charge in [-0.15, -0.1) is 0 Å². The number of hydrogen-bond donors (Lipinski definition) is 1. The van der Waals surface area contributed by atoms with Gasteiger partial charge >= 0.3 is 0 Å². The van der Waals surface area contributed by atoms with Gasteiger partial charge in [-0.2, -0.15) is 4.31 Å². The molecule has 0 bridgehead atoms. The van der Waals surface area contributed by atoms with E-state index in [1.54, 1.807) is 12.1 Å². The van der Waals surface area contributed by atoms with Crippen LogP contribution in [0, 0.1) is 0 Å². The zero-order valence-corrected chi connectivity index (χ0v) is 14.4. The molecular formula is C16H17ClN2O4S. The van der Waals surface area contributed by atoms with Gasteiger partial charge in [0.25, 0.3) is 0 Å². The van der Waals surface area contributed by atoms with Gasteiger partial charge in [0, 0.05) is 11.6 Å². The van der Waals surface area contributed by atoms with Gasteiger partial charge in [-0.05, 0) is 49.2 Å². The minimum Gasteiger partial charge on any atom is -0.467 e. The molecule has 2 aromatic rings. The number of benzene rings is 1. The van der Waals surface area contributed by atoms with Crippen LogP contribution in [0.4, 0.5) is 0 Å². The first-order valence-electron chi connectivity index (χ1n) is 7.56. The van der Waals surface area contributed by atoms with Gasteiger partial charge in [-0.25, -0.2) is 8.42 Å². The van der Waals surface area contributed by atoms with Gasteiger partial charge in [0.15, 0.2) is 0 Å². The number of furan rings is 1. The molecule has 0 saturated carbocycles. The summed E-state index contributed by atoms with van der Waals surface area (Å²) in [6.07, 6.45) is 2.66. The Morgan fingerprint density at radius 1 is 1.29 bits per heavy atom. The number of carbonyl (C=O) groups excluding carboxylic acids is 1. The van der Waals surface area contributed by atoms with Crippen molar-refractivity contribution in [2.45, 2.75) is 30.3 Å². The summed E-state index contributed by atoms with van der Waals surface area (Å²) < 4.78 is 32.0. The molecule has 1 aliphatic heterocycles. The van der Waals surface area contributed by atoms with Crippen LogP contribution >= 0.6 is 11.6 Å². The number of halogens is 1. The van der Waals surface area contributed by atoms with Gasteiger partial charge in [0.1, 0.15) is 11.8 Å². The maximum atomic E-state index is 12.8. The number of sulfonamides is 1. The summed E-state index contributed by atoms with van der Waals surface area (Å²) in [6.45, 7) is 0.557. The Morgan fingerprint density at radius 2 is 2.04 bits per heavy atom. The van der Waals surface area contributed by atoms with Crippen molar-refractivity contribution in [3.63, 3.8) is 0 Å². The van der Waals surface area contributed by atoms with E-state index in [1.807, 2.05) is 0 Å². The molecule has 0 unspecified atom stereocenters. The van der Waals surface area contributed by atoms with Crippen molar-refractivity contribution in [1.29, 1.82) is 0 Å². The predicted octanol–water partition coefficient (Wildman–Crippen LogP) is 2.40. The summed E-state index contributed by atoms with van der Waals surface area (Å²) in [6, 6.07) is 8.72. The Hall–Kier alpha value is -1.83. The maximum Gasteiger partial charge on any atom is 0.243 e. The van der Waals surface area contributed by atoms with Crippen LogP contribution in [0.2, 0.25) is 5.02 Å². The number of nitrogens with one attached hydrogen (secondary N) is 1. The van der Waals surface area contributed by atoms with Gasteiger partial charge < -0.3 is 9.73 Å². The molecule has 6 nitrogen and oxygen atoms in total. The lowest BCUT2D eigenvalue weighted by Gasteiger charge is -2.23. The first-order chi connectivity index (χ1) is 11.5. The third-order valence-corrected chi connectivity index (χ3v) is 6.12. The van der Waals surface area contributed by atoms with E-state index in [4.69, 9.17) is 16.0 Å². The van der Waals surface area contributed by atoms with Crippen molar-refractivity contribution in [2.75, 3.05) is 6.54 Å². The van der Waals surface area contributed by atoms with Crippen molar-refractivity contribution in [2.24, 2.45) is 0 Å². The monoisotopic (exact) mass is 368 g/mol. The Kier molecular flexibility index (Phi) is 4.93. The molecule has 1 aromatic heterocycles. The second kappa shape index (κ2) is 6.96. The third kappa shape index (κ3) is 3.48. The molecular weight excluding hydrogens is 352 g/mol. The van der Waals surface area contributed by atoms with E-state index in [9.17, 15) is 13.2 Å². The zero-order valence-electron chi connectivity index (χ0n) is 12.8. The van der Waals surface area contributed by atoms with Crippen LogP contribution in [0.1, 0.15) is 18.6 Å². The van der Waals surface area contributed by atoms with E-state index in [0.29, 0.717) is 30.2 Å². The third-order valence-electron chi connectivity index (χ3n) is 3.94. The topological polar surface area (TPSA) is 79.6 Å². The fourth-order valence-corrected chi connectivity index (χ4v) is 4.52. The number of amides is 1. The van der Waals surface area contributed by atoms with Crippen LogP contribution < -0.4 is 5.32 Å². The summed E-state index contributed by atoms with van der Waals surface area (Å²) in [7, 11) is -3.73. The zero-order chi connectivity index (χ0) is 17.2. The molecule has 1 atom stereocenters. The number of nitrogens with zero attached hydrogens (tertiary/aromatic N) is 1. The molecule has 128 valence electrons. The van der Waals surface area contributed by atoms with Gasteiger partial charge in [-0.1, -0.05) is 11.6 Å². The van der Waals surface area contributed by atoms with Crippen LogP contribution in [-0.2, 0) is 21.4 Å². The Labute approximate surface area is 145 Å². The molecule has 8 heteroatoms. The number of carbonyl (C=O) groups is 1. The molecule has 0 radical (unpaired) electrons. The van der Waals surface area contributed by atoms with E-state index in [1.165, 1.54) is 34.8 Å². The lowest BCUT2D eigenvalue weighted by molar-refractivity contribution is -0.124. The van der Waals surface area contributed by atoms with Crippen molar-refractivity contribution in [1.82, 2.24) is 9.62 Å². The molecule has 1 saturated heterocycles. The average Bonchev–Trinajstić information content (AvgIpc) is 3.24. The fraction of sp³-hybridized carbons (Fsp3) is 0.312. The number of rotatable bonds is 5. The second-order valence-corrected chi connectivity index (χ2v) is 7.85. The number of hydrogen-bond acceptors (Lipinski definition) is 4. The molecule has 0 aliphatic carbocycles. The van der Waals surface area contributed by atoms with Crippen molar-refractivity contribution < 1.29 is 17.6 Å². The highest BCUT2D eigenvalue weighted by molar-refractivity contribution is 7.89. The van der Waals surface area contributed by atoms with E-state index in [2.05, 4.69) is 5.32 Å². The van der Waals surface area contributed by atoms with Gasteiger partial charge in [0.05, 0.1) is 17.7 Å².